The highest BCUT2D eigenvalue weighted by atomic mass is 19.1. The van der Waals surface area contributed by atoms with Gasteiger partial charge in [-0.1, -0.05) is 38.1 Å². The molecule has 0 radical (unpaired) electrons. The molecule has 2 aromatic rings. The van der Waals surface area contributed by atoms with Crippen molar-refractivity contribution in [2.24, 2.45) is 0 Å². The smallest absolute Gasteiger partial charge is 0.197 e. The van der Waals surface area contributed by atoms with Crippen LogP contribution in [0.1, 0.15) is 78.3 Å². The van der Waals surface area contributed by atoms with Gasteiger partial charge in [0.1, 0.15) is 5.82 Å². The molecule has 1 aliphatic carbocycles. The second-order valence-corrected chi connectivity index (χ2v) is 8.76. The summed E-state index contributed by atoms with van der Waals surface area (Å²) in [5.41, 5.74) is 3.07. The monoisotopic (exact) mass is 391 g/mol. The van der Waals surface area contributed by atoms with Crippen molar-refractivity contribution < 1.29 is 14.0 Å². The first-order valence-corrected chi connectivity index (χ1v) is 10.3. The van der Waals surface area contributed by atoms with Gasteiger partial charge in [-0.2, -0.15) is 0 Å². The molecule has 0 aromatic heterocycles. The number of Topliss-reactive ketones (excluding diaryl/α,β-unsaturated/α-hetero) is 2. The van der Waals surface area contributed by atoms with Crippen molar-refractivity contribution >= 4 is 23.3 Å². The van der Waals surface area contributed by atoms with Gasteiger partial charge < -0.3 is 4.90 Å². The molecule has 2 aromatic carbocycles. The number of hydrogen-bond acceptors (Lipinski definition) is 3. The molecule has 1 heterocycles. The van der Waals surface area contributed by atoms with Crippen LogP contribution >= 0.6 is 0 Å². The van der Waals surface area contributed by atoms with Gasteiger partial charge >= 0.3 is 0 Å². The van der Waals surface area contributed by atoms with E-state index in [0.717, 1.165) is 30.6 Å². The Morgan fingerprint density at radius 1 is 1.14 bits per heavy atom. The molecule has 1 unspecified atom stereocenters. The molecule has 1 aliphatic heterocycles. The van der Waals surface area contributed by atoms with E-state index in [9.17, 15) is 9.59 Å². The number of carbonyl (C=O) groups is 2. The Kier molecular flexibility index (Phi) is 4.68. The van der Waals surface area contributed by atoms with Crippen molar-refractivity contribution in [3.05, 3.63) is 70.0 Å². The van der Waals surface area contributed by atoms with Gasteiger partial charge in [0.05, 0.1) is 5.57 Å². The Morgan fingerprint density at radius 3 is 2.34 bits per heavy atom. The molecule has 0 bridgehead atoms. The van der Waals surface area contributed by atoms with Crippen LogP contribution < -0.4 is 4.90 Å². The Bertz CT molecular complexity index is 1010. The van der Waals surface area contributed by atoms with Crippen molar-refractivity contribution in [1.29, 1.82) is 0 Å². The zero-order valence-corrected chi connectivity index (χ0v) is 17.4. The van der Waals surface area contributed by atoms with Crippen LogP contribution in [0.25, 0.3) is 6.08 Å². The molecule has 0 saturated heterocycles. The van der Waals surface area contributed by atoms with Gasteiger partial charge in [0.25, 0.3) is 0 Å². The fourth-order valence-corrected chi connectivity index (χ4v) is 4.84. The average molecular weight is 391 g/mol. The summed E-state index contributed by atoms with van der Waals surface area (Å²) in [5.74, 6) is -0.800. The van der Waals surface area contributed by atoms with Gasteiger partial charge in [0.15, 0.2) is 11.6 Å². The van der Waals surface area contributed by atoms with Crippen molar-refractivity contribution in [3.8, 4) is 0 Å². The van der Waals surface area contributed by atoms with Crippen LogP contribution in [0, 0.1) is 5.82 Å². The highest BCUT2D eigenvalue weighted by Gasteiger charge is 2.37. The lowest BCUT2D eigenvalue weighted by atomic mass is 9.79. The second kappa shape index (κ2) is 6.94. The Morgan fingerprint density at radius 2 is 1.76 bits per heavy atom. The van der Waals surface area contributed by atoms with Gasteiger partial charge in [-0.3, -0.25) is 9.59 Å². The summed E-state index contributed by atoms with van der Waals surface area (Å²) in [6.45, 7) is 9.53. The summed E-state index contributed by atoms with van der Waals surface area (Å²) < 4.78 is 15.1. The first-order valence-electron chi connectivity index (χ1n) is 10.3. The number of carbonyl (C=O) groups excluding carboxylic acids is 2. The zero-order valence-electron chi connectivity index (χ0n) is 17.4. The summed E-state index contributed by atoms with van der Waals surface area (Å²) >= 11 is 0. The minimum absolute atomic E-state index is 0.0410. The molecule has 4 rings (SSSR count). The number of fused-ring (bicyclic) bond motifs is 2. The molecule has 0 fully saturated rings. The predicted molar refractivity (Wildman–Crippen MR) is 114 cm³/mol. The zero-order chi connectivity index (χ0) is 20.9. The van der Waals surface area contributed by atoms with E-state index in [-0.39, 0.29) is 28.6 Å². The van der Waals surface area contributed by atoms with E-state index in [1.807, 2.05) is 6.07 Å². The van der Waals surface area contributed by atoms with Crippen LogP contribution in [0.5, 0.6) is 0 Å². The minimum Gasteiger partial charge on any atom is -0.366 e. The van der Waals surface area contributed by atoms with E-state index in [4.69, 9.17) is 0 Å². The van der Waals surface area contributed by atoms with E-state index >= 15 is 4.39 Å². The van der Waals surface area contributed by atoms with Gasteiger partial charge in [-0.15, -0.1) is 0 Å². The van der Waals surface area contributed by atoms with Gasteiger partial charge in [0.2, 0.25) is 0 Å². The Balaban J connectivity index is 1.81. The summed E-state index contributed by atoms with van der Waals surface area (Å²) in [5, 5.41) is 0. The van der Waals surface area contributed by atoms with Crippen LogP contribution in [-0.4, -0.2) is 23.7 Å². The molecule has 0 amide bonds. The maximum Gasteiger partial charge on any atom is 0.197 e. The van der Waals surface area contributed by atoms with Gasteiger partial charge in [0, 0.05) is 34.5 Å². The Hall–Kier alpha value is -2.75. The number of ketones is 2. The summed E-state index contributed by atoms with van der Waals surface area (Å²) in [7, 11) is 0. The topological polar surface area (TPSA) is 37.4 Å². The van der Waals surface area contributed by atoms with Crippen molar-refractivity contribution in [3.63, 3.8) is 0 Å². The normalized spacial score (nSPS) is 20.0. The number of rotatable bonds is 3. The molecular weight excluding hydrogens is 365 g/mol. The van der Waals surface area contributed by atoms with E-state index in [1.165, 1.54) is 6.08 Å². The summed E-state index contributed by atoms with van der Waals surface area (Å²) in [6.07, 6.45) is 3.37. The summed E-state index contributed by atoms with van der Waals surface area (Å²) in [4.78, 5) is 27.6. The second-order valence-electron chi connectivity index (χ2n) is 8.76. The molecular formula is C25H26FNO2. The van der Waals surface area contributed by atoms with Gasteiger partial charge in [-0.25, -0.2) is 4.39 Å². The first kappa shape index (κ1) is 19.6. The van der Waals surface area contributed by atoms with Crippen LogP contribution in [0.4, 0.5) is 10.1 Å². The van der Waals surface area contributed by atoms with Crippen LogP contribution in [0.3, 0.4) is 0 Å². The number of benzene rings is 2. The fourth-order valence-electron chi connectivity index (χ4n) is 4.84. The number of halogens is 1. The lowest BCUT2D eigenvalue weighted by Gasteiger charge is -2.47. The summed E-state index contributed by atoms with van der Waals surface area (Å²) in [6, 6.07) is 10.2. The van der Waals surface area contributed by atoms with E-state index in [1.54, 1.807) is 30.3 Å². The highest BCUT2D eigenvalue weighted by molar-refractivity contribution is 6.41. The number of allylic oxidation sites excluding steroid dienone is 1. The van der Waals surface area contributed by atoms with E-state index in [0.29, 0.717) is 16.7 Å². The number of nitrogens with zero attached hydrogens (tertiary/aromatic N) is 1. The molecule has 150 valence electrons. The first-order chi connectivity index (χ1) is 13.7. The van der Waals surface area contributed by atoms with E-state index < -0.39 is 5.82 Å². The third-order valence-electron chi connectivity index (χ3n) is 6.16. The molecule has 4 heteroatoms. The number of anilines is 1. The highest BCUT2D eigenvalue weighted by Crippen LogP contribution is 2.44. The molecule has 29 heavy (non-hydrogen) atoms. The molecule has 0 saturated carbocycles. The van der Waals surface area contributed by atoms with Crippen LogP contribution in [0.15, 0.2) is 42.0 Å². The molecule has 2 aliphatic rings. The third-order valence-corrected chi connectivity index (χ3v) is 6.16. The standard InChI is InChI=1S/C25H26FNO2/c1-5-10-27-22-13-21(26)16(11-19(22)15(2)14-25(27,3)4)12-20-23(28)17-8-6-7-9-18(17)24(20)29/h6-9,11-13,15H,5,10,14H2,1-4H3. The predicted octanol–water partition coefficient (Wildman–Crippen LogP) is 5.79. The van der Waals surface area contributed by atoms with Gasteiger partial charge in [-0.05, 0) is 56.4 Å². The minimum atomic E-state index is -0.404. The Labute approximate surface area is 171 Å². The fraction of sp³-hybridized carbons (Fsp3) is 0.360. The van der Waals surface area contributed by atoms with E-state index in [2.05, 4.69) is 32.6 Å². The molecule has 0 spiro atoms. The SMILES string of the molecule is CCCN1c2cc(F)c(C=C3C(=O)c4ccccc4C3=O)cc2C(C)CC1(C)C. The molecule has 3 nitrogen and oxygen atoms in total. The lowest BCUT2D eigenvalue weighted by Crippen LogP contribution is -2.48. The molecule has 1 atom stereocenters. The van der Waals surface area contributed by atoms with Crippen LogP contribution in [-0.2, 0) is 0 Å². The quantitative estimate of drug-likeness (QED) is 0.491. The van der Waals surface area contributed by atoms with Crippen molar-refractivity contribution in [2.75, 3.05) is 11.4 Å². The van der Waals surface area contributed by atoms with Crippen molar-refractivity contribution in [1.82, 2.24) is 0 Å². The van der Waals surface area contributed by atoms with Crippen LogP contribution in [0.2, 0.25) is 0 Å². The largest absolute Gasteiger partial charge is 0.366 e. The lowest BCUT2D eigenvalue weighted by molar-refractivity contribution is 0.0990. The maximum absolute atomic E-state index is 15.1. The maximum atomic E-state index is 15.1. The third kappa shape index (κ3) is 3.11. The average Bonchev–Trinajstić information content (AvgIpc) is 2.91. The number of hydrogen-bond donors (Lipinski definition) is 0. The van der Waals surface area contributed by atoms with Crippen molar-refractivity contribution in [2.45, 2.75) is 52.0 Å². The molecule has 0 N–H and O–H groups in total.